The molecule has 0 aliphatic heterocycles. The molecule has 0 unspecified atom stereocenters. The van der Waals surface area contributed by atoms with E-state index in [1.165, 1.54) is 21.5 Å². The summed E-state index contributed by atoms with van der Waals surface area (Å²) in [6.45, 7) is 0. The zero-order chi connectivity index (χ0) is 28.3. The lowest BCUT2D eigenvalue weighted by Crippen LogP contribution is -1.94. The van der Waals surface area contributed by atoms with Crippen molar-refractivity contribution in [3.8, 4) is 34.2 Å². The molecule has 9 aromatic rings. The fourth-order valence-corrected chi connectivity index (χ4v) is 6.42. The van der Waals surface area contributed by atoms with Gasteiger partial charge in [-0.2, -0.15) is 4.98 Å². The minimum atomic E-state index is 0.486. The first kappa shape index (κ1) is 23.7. The standard InChI is InChI=1S/C38H24N4O/c1-5-19-33-29(15-1)30-16-2-6-20-34(30)41(33)27-13-9-11-25(23-27)37-39-38(43-40-37)26-12-10-14-28(24-26)42-35-21-7-3-17-31(35)32-18-4-8-22-36(32)42/h1-24H. The Hall–Kier alpha value is -5.94. The number of benzene rings is 6. The van der Waals surface area contributed by atoms with Gasteiger partial charge in [-0.1, -0.05) is 96.2 Å². The van der Waals surface area contributed by atoms with E-state index in [2.05, 4.69) is 136 Å². The lowest BCUT2D eigenvalue weighted by Gasteiger charge is -2.09. The van der Waals surface area contributed by atoms with Gasteiger partial charge in [0.25, 0.3) is 5.89 Å². The third-order valence-electron chi connectivity index (χ3n) is 8.30. The molecule has 0 bridgehead atoms. The van der Waals surface area contributed by atoms with Crippen LogP contribution in [0, 0.1) is 0 Å². The normalized spacial score (nSPS) is 11.7. The number of hydrogen-bond acceptors (Lipinski definition) is 3. The molecule has 0 aliphatic carbocycles. The Balaban J connectivity index is 1.13. The molecule has 0 amide bonds. The van der Waals surface area contributed by atoms with Crippen LogP contribution < -0.4 is 0 Å². The average Bonchev–Trinajstić information content (AvgIpc) is 3.78. The summed E-state index contributed by atoms with van der Waals surface area (Å²) in [5, 5.41) is 9.32. The third-order valence-corrected chi connectivity index (χ3v) is 8.30. The largest absolute Gasteiger partial charge is 0.334 e. The van der Waals surface area contributed by atoms with Gasteiger partial charge >= 0.3 is 0 Å². The van der Waals surface area contributed by atoms with Gasteiger partial charge in [0, 0.05) is 44.0 Å². The van der Waals surface area contributed by atoms with E-state index < -0.39 is 0 Å². The van der Waals surface area contributed by atoms with Crippen LogP contribution >= 0.6 is 0 Å². The number of para-hydroxylation sites is 4. The smallest absolute Gasteiger partial charge is 0.258 e. The molecule has 9 rings (SSSR count). The molecule has 0 saturated heterocycles. The minimum Gasteiger partial charge on any atom is -0.334 e. The summed E-state index contributed by atoms with van der Waals surface area (Å²) in [6, 6.07) is 50.7. The van der Waals surface area contributed by atoms with Crippen molar-refractivity contribution in [3.05, 3.63) is 146 Å². The molecule has 43 heavy (non-hydrogen) atoms. The maximum absolute atomic E-state index is 5.85. The number of nitrogens with zero attached hydrogens (tertiary/aromatic N) is 4. The van der Waals surface area contributed by atoms with Gasteiger partial charge in [0.2, 0.25) is 5.82 Å². The van der Waals surface area contributed by atoms with Crippen molar-refractivity contribution < 1.29 is 4.52 Å². The zero-order valence-electron chi connectivity index (χ0n) is 23.1. The number of hydrogen-bond donors (Lipinski definition) is 0. The summed E-state index contributed by atoms with van der Waals surface area (Å²) >= 11 is 0. The Morgan fingerprint density at radius 2 is 0.837 bits per heavy atom. The second kappa shape index (κ2) is 9.29. The molecule has 0 atom stereocenters. The number of fused-ring (bicyclic) bond motifs is 6. The molecular weight excluding hydrogens is 528 g/mol. The van der Waals surface area contributed by atoms with Gasteiger partial charge < -0.3 is 13.7 Å². The van der Waals surface area contributed by atoms with Crippen LogP contribution in [0.2, 0.25) is 0 Å². The van der Waals surface area contributed by atoms with E-state index in [1.54, 1.807) is 0 Å². The predicted octanol–water partition coefficient (Wildman–Crippen LogP) is 9.60. The van der Waals surface area contributed by atoms with Crippen LogP contribution in [0.25, 0.3) is 77.8 Å². The highest BCUT2D eigenvalue weighted by Gasteiger charge is 2.16. The van der Waals surface area contributed by atoms with Gasteiger partial charge in [0.15, 0.2) is 0 Å². The highest BCUT2D eigenvalue weighted by atomic mass is 16.5. The van der Waals surface area contributed by atoms with Gasteiger partial charge in [0.1, 0.15) is 0 Å². The summed E-state index contributed by atoms with van der Waals surface area (Å²) in [5.74, 6) is 1.04. The maximum Gasteiger partial charge on any atom is 0.258 e. The lowest BCUT2D eigenvalue weighted by atomic mass is 10.1. The molecule has 3 aromatic heterocycles. The summed E-state index contributed by atoms with van der Waals surface area (Å²) in [7, 11) is 0. The number of rotatable bonds is 4. The van der Waals surface area contributed by atoms with Crippen molar-refractivity contribution in [1.29, 1.82) is 0 Å². The summed E-state index contributed by atoms with van der Waals surface area (Å²) in [4.78, 5) is 4.85. The second-order valence-corrected chi connectivity index (χ2v) is 10.8. The minimum absolute atomic E-state index is 0.486. The Bertz CT molecular complexity index is 2200. The van der Waals surface area contributed by atoms with Crippen molar-refractivity contribution in [2.45, 2.75) is 0 Å². The van der Waals surface area contributed by atoms with Crippen LogP contribution in [0.15, 0.2) is 150 Å². The van der Waals surface area contributed by atoms with Crippen LogP contribution in [-0.2, 0) is 0 Å². The average molecular weight is 553 g/mol. The Morgan fingerprint density at radius 3 is 1.33 bits per heavy atom. The van der Waals surface area contributed by atoms with Crippen molar-refractivity contribution in [2.75, 3.05) is 0 Å². The molecule has 0 spiro atoms. The van der Waals surface area contributed by atoms with E-state index in [0.717, 1.165) is 44.6 Å². The summed E-state index contributed by atoms with van der Waals surface area (Å²) in [6.07, 6.45) is 0. The van der Waals surface area contributed by atoms with Crippen LogP contribution in [0.5, 0.6) is 0 Å². The first-order valence-electron chi connectivity index (χ1n) is 14.4. The van der Waals surface area contributed by atoms with Crippen LogP contribution in [0.3, 0.4) is 0 Å². The first-order valence-corrected chi connectivity index (χ1v) is 14.4. The van der Waals surface area contributed by atoms with E-state index in [1.807, 2.05) is 24.3 Å². The molecule has 0 fully saturated rings. The highest BCUT2D eigenvalue weighted by molar-refractivity contribution is 6.10. The molecular formula is C38H24N4O. The second-order valence-electron chi connectivity index (χ2n) is 10.8. The molecule has 5 nitrogen and oxygen atoms in total. The maximum atomic E-state index is 5.85. The van der Waals surface area contributed by atoms with Crippen LogP contribution in [0.4, 0.5) is 0 Å². The van der Waals surface area contributed by atoms with E-state index in [9.17, 15) is 0 Å². The predicted molar refractivity (Wildman–Crippen MR) is 174 cm³/mol. The molecule has 0 radical (unpaired) electrons. The molecule has 5 heteroatoms. The fourth-order valence-electron chi connectivity index (χ4n) is 6.42. The van der Waals surface area contributed by atoms with Gasteiger partial charge in [-0.25, -0.2) is 0 Å². The Morgan fingerprint density at radius 1 is 0.419 bits per heavy atom. The van der Waals surface area contributed by atoms with Gasteiger partial charge in [0.05, 0.1) is 22.1 Å². The molecule has 0 aliphatic rings. The van der Waals surface area contributed by atoms with Gasteiger partial charge in [-0.3, -0.25) is 0 Å². The fraction of sp³-hybridized carbons (Fsp3) is 0. The zero-order valence-corrected chi connectivity index (χ0v) is 23.1. The third kappa shape index (κ3) is 3.65. The molecule has 0 N–H and O–H groups in total. The quantitative estimate of drug-likeness (QED) is 0.218. The molecule has 202 valence electrons. The van der Waals surface area contributed by atoms with Gasteiger partial charge in [-0.15, -0.1) is 0 Å². The van der Waals surface area contributed by atoms with Gasteiger partial charge in [-0.05, 0) is 54.6 Å². The van der Waals surface area contributed by atoms with E-state index in [0.29, 0.717) is 11.7 Å². The Kier molecular flexibility index (Phi) is 5.13. The molecule has 6 aromatic carbocycles. The topological polar surface area (TPSA) is 48.8 Å². The summed E-state index contributed by atoms with van der Waals surface area (Å²) < 4.78 is 10.4. The summed E-state index contributed by atoms with van der Waals surface area (Å²) in [5.41, 5.74) is 8.51. The van der Waals surface area contributed by atoms with Crippen molar-refractivity contribution in [3.63, 3.8) is 0 Å². The first-order chi connectivity index (χ1) is 21.3. The molecule has 3 heterocycles. The van der Waals surface area contributed by atoms with E-state index in [4.69, 9.17) is 9.51 Å². The SMILES string of the molecule is c1cc(-c2noc(-c3cccc(-n4c5ccccc5c5ccccc54)c3)n2)cc(-n2c3ccccc3c3ccccc32)c1. The highest BCUT2D eigenvalue weighted by Crippen LogP contribution is 2.35. The Labute approximate surface area is 246 Å². The van der Waals surface area contributed by atoms with Crippen molar-refractivity contribution >= 4 is 43.6 Å². The van der Waals surface area contributed by atoms with E-state index >= 15 is 0 Å². The van der Waals surface area contributed by atoms with Crippen molar-refractivity contribution in [2.24, 2.45) is 0 Å². The lowest BCUT2D eigenvalue weighted by molar-refractivity contribution is 0.432. The molecule has 0 saturated carbocycles. The van der Waals surface area contributed by atoms with Crippen molar-refractivity contribution in [1.82, 2.24) is 19.3 Å². The van der Waals surface area contributed by atoms with Crippen LogP contribution in [-0.4, -0.2) is 19.3 Å². The number of aromatic nitrogens is 4. The van der Waals surface area contributed by atoms with Crippen LogP contribution in [0.1, 0.15) is 0 Å². The van der Waals surface area contributed by atoms with E-state index in [-0.39, 0.29) is 0 Å². The monoisotopic (exact) mass is 552 g/mol.